The van der Waals surface area contributed by atoms with E-state index in [1.165, 1.54) is 44.2 Å². The van der Waals surface area contributed by atoms with E-state index in [9.17, 15) is 0 Å². The molecule has 0 bridgehead atoms. The molecular formula is C25H45NO2Si. The van der Waals surface area contributed by atoms with Gasteiger partial charge in [-0.05, 0) is 118 Å². The van der Waals surface area contributed by atoms with Gasteiger partial charge >= 0.3 is 0 Å². The highest BCUT2D eigenvalue weighted by Crippen LogP contribution is 2.69. The van der Waals surface area contributed by atoms with Crippen LogP contribution in [0.5, 0.6) is 0 Å². The zero-order chi connectivity index (χ0) is 21.2. The number of nitrogens with zero attached hydrogens (tertiary/aromatic N) is 1. The number of hydrogen-bond donors (Lipinski definition) is 0. The van der Waals surface area contributed by atoms with Gasteiger partial charge in [-0.15, -0.1) is 0 Å². The molecule has 8 atom stereocenters. The molecule has 0 aromatic rings. The Morgan fingerprint density at radius 2 is 1.62 bits per heavy atom. The minimum absolute atomic E-state index is 0.0847. The molecule has 4 rings (SSSR count). The van der Waals surface area contributed by atoms with E-state index in [0.717, 1.165) is 36.5 Å². The lowest BCUT2D eigenvalue weighted by atomic mass is 9.42. The number of hydrogen-bond acceptors (Lipinski definition) is 3. The lowest BCUT2D eigenvalue weighted by Gasteiger charge is -2.63. The molecule has 0 aromatic carbocycles. The molecule has 0 amide bonds. The van der Waals surface area contributed by atoms with Gasteiger partial charge in [0, 0.05) is 0 Å². The van der Waals surface area contributed by atoms with Gasteiger partial charge in [0.25, 0.3) is 0 Å². The predicted octanol–water partition coefficient (Wildman–Crippen LogP) is 6.89. The summed E-state index contributed by atoms with van der Waals surface area (Å²) in [5.74, 6) is 4.12. The van der Waals surface area contributed by atoms with Crippen LogP contribution >= 0.6 is 0 Å². The van der Waals surface area contributed by atoms with Gasteiger partial charge in [-0.2, -0.15) is 0 Å². The van der Waals surface area contributed by atoms with E-state index in [0.29, 0.717) is 16.7 Å². The summed E-state index contributed by atoms with van der Waals surface area (Å²) in [5.41, 5.74) is 2.22. The Kier molecular flexibility index (Phi) is 5.34. The van der Waals surface area contributed by atoms with Crippen LogP contribution in [0.15, 0.2) is 5.16 Å². The van der Waals surface area contributed by atoms with Crippen molar-refractivity contribution < 1.29 is 9.26 Å². The molecule has 0 saturated heterocycles. The minimum atomic E-state index is -1.56. The van der Waals surface area contributed by atoms with Crippen LogP contribution in [0.25, 0.3) is 0 Å². The first-order valence-corrected chi connectivity index (χ1v) is 15.6. The summed E-state index contributed by atoms with van der Waals surface area (Å²) in [6, 6.07) is 0. The zero-order valence-electron chi connectivity index (χ0n) is 20.3. The fourth-order valence-electron chi connectivity index (χ4n) is 8.77. The molecule has 166 valence electrons. The van der Waals surface area contributed by atoms with Crippen molar-refractivity contribution in [3.63, 3.8) is 0 Å². The minimum Gasteiger partial charge on any atom is -0.412 e. The molecule has 0 aromatic heterocycles. The Balaban J connectivity index is 1.61. The van der Waals surface area contributed by atoms with Crippen molar-refractivity contribution in [2.75, 3.05) is 7.11 Å². The van der Waals surface area contributed by atoms with Gasteiger partial charge in [-0.1, -0.05) is 25.9 Å². The monoisotopic (exact) mass is 419 g/mol. The molecule has 0 N–H and O–H groups in total. The topological polar surface area (TPSA) is 30.8 Å². The van der Waals surface area contributed by atoms with E-state index < -0.39 is 8.32 Å². The lowest BCUT2D eigenvalue weighted by molar-refractivity contribution is -0.147. The summed E-state index contributed by atoms with van der Waals surface area (Å²) in [7, 11) is 0.142. The molecule has 0 heterocycles. The molecule has 0 aliphatic heterocycles. The second-order valence-corrected chi connectivity index (χ2v) is 17.0. The zero-order valence-corrected chi connectivity index (χ0v) is 21.3. The Morgan fingerprint density at radius 1 is 0.931 bits per heavy atom. The summed E-state index contributed by atoms with van der Waals surface area (Å²) in [6.07, 6.45) is 10.5. The molecule has 4 aliphatic carbocycles. The number of fused-ring (bicyclic) bond motifs is 5. The fourth-order valence-corrected chi connectivity index (χ4v) is 10.5. The third-order valence-electron chi connectivity index (χ3n) is 10.3. The molecular weight excluding hydrogens is 374 g/mol. The standard InChI is InChI=1S/C25H45NO2Si/c1-17-15-19(26-27-5)16-18-9-10-20-21-12-14-24(3,28-29(6,7)8)23(21,2)13-11-22(20)25(17,18)4/h17-18,20-22H,9-16H2,1-8H3/b26-19+/t17-,18-,20-,21-,22-,23-,24-,25-/m0/s1. The highest BCUT2D eigenvalue weighted by Gasteiger charge is 2.65. The van der Waals surface area contributed by atoms with Crippen LogP contribution in [0.2, 0.25) is 19.6 Å². The predicted molar refractivity (Wildman–Crippen MR) is 124 cm³/mol. The Morgan fingerprint density at radius 3 is 2.28 bits per heavy atom. The van der Waals surface area contributed by atoms with Crippen molar-refractivity contribution in [1.29, 1.82) is 0 Å². The molecule has 4 fully saturated rings. The molecule has 4 saturated carbocycles. The first-order chi connectivity index (χ1) is 13.4. The summed E-state index contributed by atoms with van der Waals surface area (Å²) in [4.78, 5) is 5.16. The Bertz CT molecular complexity index is 672. The van der Waals surface area contributed by atoms with Crippen molar-refractivity contribution in [3.05, 3.63) is 0 Å². The van der Waals surface area contributed by atoms with Crippen LogP contribution in [0.1, 0.15) is 79.1 Å². The van der Waals surface area contributed by atoms with Crippen LogP contribution in [0.3, 0.4) is 0 Å². The largest absolute Gasteiger partial charge is 0.412 e. The quantitative estimate of drug-likeness (QED) is 0.368. The maximum atomic E-state index is 6.94. The van der Waals surface area contributed by atoms with Gasteiger partial charge in [0.1, 0.15) is 7.11 Å². The molecule has 0 unspecified atom stereocenters. The first kappa shape index (κ1) is 21.9. The summed E-state index contributed by atoms with van der Waals surface area (Å²) >= 11 is 0. The van der Waals surface area contributed by atoms with Gasteiger partial charge in [0.05, 0.1) is 11.3 Å². The third-order valence-corrected chi connectivity index (χ3v) is 11.4. The maximum Gasteiger partial charge on any atom is 0.184 e. The van der Waals surface area contributed by atoms with E-state index >= 15 is 0 Å². The summed E-state index contributed by atoms with van der Waals surface area (Å²) in [5, 5.41) is 4.38. The fraction of sp³-hybridized carbons (Fsp3) is 0.960. The van der Waals surface area contributed by atoms with Gasteiger partial charge in [0.15, 0.2) is 8.32 Å². The molecule has 4 heteroatoms. The Hall–Kier alpha value is -0.353. The summed E-state index contributed by atoms with van der Waals surface area (Å²) < 4.78 is 6.94. The SMILES string of the molecule is CO/N=C1/C[C@@H]2CC[C@@H]3[C@H](CC[C@@]4(C)[C@H]3CC[C@]4(C)O[Si](C)(C)C)[C@@]2(C)[C@@H](C)C1. The van der Waals surface area contributed by atoms with E-state index in [2.05, 4.69) is 52.5 Å². The first-order valence-electron chi connectivity index (χ1n) is 12.2. The van der Waals surface area contributed by atoms with Crippen LogP contribution in [0.4, 0.5) is 0 Å². The third kappa shape index (κ3) is 3.26. The van der Waals surface area contributed by atoms with Crippen molar-refractivity contribution in [2.45, 2.75) is 104 Å². The molecule has 0 spiro atoms. The highest BCUT2D eigenvalue weighted by molar-refractivity contribution is 6.69. The Labute approximate surface area is 180 Å². The van der Waals surface area contributed by atoms with E-state index in [1.54, 1.807) is 7.11 Å². The van der Waals surface area contributed by atoms with Gasteiger partial charge in [-0.25, -0.2) is 0 Å². The van der Waals surface area contributed by atoms with E-state index in [1.807, 2.05) is 0 Å². The van der Waals surface area contributed by atoms with Gasteiger partial charge in [0.2, 0.25) is 0 Å². The average molecular weight is 420 g/mol. The maximum absolute atomic E-state index is 6.94. The van der Waals surface area contributed by atoms with Crippen LogP contribution in [-0.2, 0) is 9.26 Å². The van der Waals surface area contributed by atoms with Gasteiger partial charge < -0.3 is 9.26 Å². The van der Waals surface area contributed by atoms with E-state index in [4.69, 9.17) is 9.26 Å². The average Bonchev–Trinajstić information content (AvgIpc) is 2.86. The lowest BCUT2D eigenvalue weighted by Crippen LogP contribution is -2.59. The van der Waals surface area contributed by atoms with Crippen molar-refractivity contribution in [3.8, 4) is 0 Å². The van der Waals surface area contributed by atoms with Crippen molar-refractivity contribution >= 4 is 14.0 Å². The van der Waals surface area contributed by atoms with Gasteiger partial charge in [-0.3, -0.25) is 0 Å². The second kappa shape index (κ2) is 7.08. The van der Waals surface area contributed by atoms with Crippen molar-refractivity contribution in [1.82, 2.24) is 0 Å². The molecule has 4 aliphatic rings. The van der Waals surface area contributed by atoms with Crippen molar-refractivity contribution in [2.24, 2.45) is 45.6 Å². The number of rotatable bonds is 3. The number of oxime groups is 1. The normalized spacial score (nSPS) is 51.3. The molecule has 3 nitrogen and oxygen atoms in total. The van der Waals surface area contributed by atoms with Crippen LogP contribution < -0.4 is 0 Å². The van der Waals surface area contributed by atoms with Crippen LogP contribution in [0, 0.1) is 40.4 Å². The molecule has 0 radical (unpaired) electrons. The van der Waals surface area contributed by atoms with Crippen LogP contribution in [-0.4, -0.2) is 26.7 Å². The molecule has 29 heavy (non-hydrogen) atoms. The van der Waals surface area contributed by atoms with E-state index in [-0.39, 0.29) is 5.60 Å². The smallest absolute Gasteiger partial charge is 0.184 e. The second-order valence-electron chi connectivity index (χ2n) is 12.6. The highest BCUT2D eigenvalue weighted by atomic mass is 28.4. The summed E-state index contributed by atoms with van der Waals surface area (Å²) in [6.45, 7) is 17.3.